The van der Waals surface area contributed by atoms with E-state index in [4.69, 9.17) is 5.73 Å². The molecule has 0 saturated heterocycles. The standard InChI is InChI=1S/C7H15N3O2S/c1-5(4-13)10-7(12)3-9-6(11)2-8/h5,13H,2-4,8H2,1H3,(H,9,11)(H,10,12). The molecule has 2 amide bonds. The van der Waals surface area contributed by atoms with E-state index in [1.54, 1.807) is 0 Å². The molecule has 76 valence electrons. The van der Waals surface area contributed by atoms with Gasteiger partial charge in [-0.25, -0.2) is 0 Å². The number of nitrogens with two attached hydrogens (primary N) is 1. The van der Waals surface area contributed by atoms with Crippen LogP contribution in [0.3, 0.4) is 0 Å². The number of amides is 2. The Morgan fingerprint density at radius 3 is 2.54 bits per heavy atom. The Kier molecular flexibility index (Phi) is 6.34. The van der Waals surface area contributed by atoms with Gasteiger partial charge in [-0.1, -0.05) is 0 Å². The Bertz CT molecular complexity index is 187. The molecule has 0 aliphatic heterocycles. The predicted molar refractivity (Wildman–Crippen MR) is 53.5 cm³/mol. The van der Waals surface area contributed by atoms with Gasteiger partial charge in [0.2, 0.25) is 11.8 Å². The number of carbonyl (C=O) groups is 2. The van der Waals surface area contributed by atoms with Crippen molar-refractivity contribution in [3.63, 3.8) is 0 Å². The van der Waals surface area contributed by atoms with Gasteiger partial charge in [-0.05, 0) is 6.92 Å². The first-order chi connectivity index (χ1) is 6.10. The predicted octanol–water partition coefficient (Wildman–Crippen LogP) is -1.50. The smallest absolute Gasteiger partial charge is 0.239 e. The molecule has 0 heterocycles. The van der Waals surface area contributed by atoms with Crippen molar-refractivity contribution in [1.29, 1.82) is 0 Å². The maximum atomic E-state index is 11.0. The van der Waals surface area contributed by atoms with Gasteiger partial charge in [-0.3, -0.25) is 9.59 Å². The summed E-state index contributed by atoms with van der Waals surface area (Å²) in [5.74, 6) is -0.00615. The minimum Gasteiger partial charge on any atom is -0.351 e. The van der Waals surface area contributed by atoms with Crippen molar-refractivity contribution in [2.24, 2.45) is 5.73 Å². The van der Waals surface area contributed by atoms with E-state index in [-0.39, 0.29) is 30.9 Å². The third-order valence-corrected chi connectivity index (χ3v) is 1.86. The lowest BCUT2D eigenvalue weighted by Gasteiger charge is -2.10. The Morgan fingerprint density at radius 1 is 1.46 bits per heavy atom. The van der Waals surface area contributed by atoms with Gasteiger partial charge in [0, 0.05) is 11.8 Å². The fourth-order valence-corrected chi connectivity index (χ4v) is 0.714. The summed E-state index contributed by atoms with van der Waals surface area (Å²) in [5, 5.41) is 5.00. The van der Waals surface area contributed by atoms with Crippen LogP contribution in [-0.4, -0.2) is 36.7 Å². The second kappa shape index (κ2) is 6.73. The van der Waals surface area contributed by atoms with Gasteiger partial charge in [0.15, 0.2) is 0 Å². The highest BCUT2D eigenvalue weighted by atomic mass is 32.1. The number of hydrogen-bond acceptors (Lipinski definition) is 4. The van der Waals surface area contributed by atoms with Crippen molar-refractivity contribution in [2.45, 2.75) is 13.0 Å². The van der Waals surface area contributed by atoms with Crippen LogP contribution in [0.5, 0.6) is 0 Å². The highest BCUT2D eigenvalue weighted by molar-refractivity contribution is 7.80. The third kappa shape index (κ3) is 6.41. The topological polar surface area (TPSA) is 84.2 Å². The van der Waals surface area contributed by atoms with E-state index in [1.165, 1.54) is 0 Å². The fourth-order valence-electron chi connectivity index (χ4n) is 0.623. The molecule has 13 heavy (non-hydrogen) atoms. The number of hydrogen-bond donors (Lipinski definition) is 4. The molecule has 0 aromatic heterocycles. The second-order valence-corrected chi connectivity index (χ2v) is 3.00. The summed E-state index contributed by atoms with van der Waals surface area (Å²) in [4.78, 5) is 21.7. The molecular weight excluding hydrogens is 190 g/mol. The van der Waals surface area contributed by atoms with Crippen molar-refractivity contribution in [1.82, 2.24) is 10.6 Å². The summed E-state index contributed by atoms with van der Waals surface area (Å²) in [7, 11) is 0. The minimum absolute atomic E-state index is 0.00520. The monoisotopic (exact) mass is 205 g/mol. The molecule has 0 aliphatic carbocycles. The normalized spacial score (nSPS) is 11.9. The summed E-state index contributed by atoms with van der Waals surface area (Å²) in [6.45, 7) is 1.69. The van der Waals surface area contributed by atoms with Crippen LogP contribution in [0.15, 0.2) is 0 Å². The number of thiol groups is 1. The van der Waals surface area contributed by atoms with Crippen LogP contribution >= 0.6 is 12.6 Å². The second-order valence-electron chi connectivity index (χ2n) is 2.63. The van der Waals surface area contributed by atoms with Crippen molar-refractivity contribution >= 4 is 24.4 Å². The van der Waals surface area contributed by atoms with Crippen LogP contribution in [0.1, 0.15) is 6.92 Å². The molecule has 0 rings (SSSR count). The Morgan fingerprint density at radius 2 is 2.08 bits per heavy atom. The van der Waals surface area contributed by atoms with E-state index in [2.05, 4.69) is 23.3 Å². The van der Waals surface area contributed by atoms with Gasteiger partial charge in [0.1, 0.15) is 0 Å². The highest BCUT2D eigenvalue weighted by Crippen LogP contribution is 1.83. The third-order valence-electron chi connectivity index (χ3n) is 1.31. The van der Waals surface area contributed by atoms with Crippen LogP contribution in [0, 0.1) is 0 Å². The van der Waals surface area contributed by atoms with Gasteiger partial charge in [0.25, 0.3) is 0 Å². The Balaban J connectivity index is 3.57. The van der Waals surface area contributed by atoms with Crippen molar-refractivity contribution in [2.75, 3.05) is 18.8 Å². The SMILES string of the molecule is CC(CS)NC(=O)CNC(=O)CN. The van der Waals surface area contributed by atoms with Crippen LogP contribution in [0.25, 0.3) is 0 Å². The molecule has 0 radical (unpaired) electrons. The number of carbonyl (C=O) groups excluding carboxylic acids is 2. The lowest BCUT2D eigenvalue weighted by Crippen LogP contribution is -2.42. The summed E-state index contributed by atoms with van der Waals surface area (Å²) in [5.41, 5.74) is 5.03. The lowest BCUT2D eigenvalue weighted by molar-refractivity contribution is -0.125. The summed E-state index contributed by atoms with van der Waals surface area (Å²) >= 11 is 4.00. The van der Waals surface area contributed by atoms with E-state index in [9.17, 15) is 9.59 Å². The zero-order valence-corrected chi connectivity index (χ0v) is 8.43. The molecule has 1 atom stereocenters. The molecule has 6 heteroatoms. The van der Waals surface area contributed by atoms with Crippen LogP contribution < -0.4 is 16.4 Å². The minimum atomic E-state index is -0.339. The first kappa shape index (κ1) is 12.2. The summed E-state index contributed by atoms with van der Waals surface area (Å²) in [6.07, 6.45) is 0. The maximum absolute atomic E-state index is 11.0. The Hall–Kier alpha value is -0.750. The molecule has 0 saturated carbocycles. The fraction of sp³-hybridized carbons (Fsp3) is 0.714. The molecule has 0 aliphatic rings. The molecule has 0 fully saturated rings. The molecular formula is C7H15N3O2S. The molecule has 4 N–H and O–H groups in total. The zero-order chi connectivity index (χ0) is 10.3. The van der Waals surface area contributed by atoms with Gasteiger partial charge < -0.3 is 16.4 Å². The number of nitrogens with one attached hydrogen (secondary N) is 2. The lowest BCUT2D eigenvalue weighted by atomic mass is 10.4. The molecule has 0 aromatic rings. The molecule has 0 aromatic carbocycles. The first-order valence-electron chi connectivity index (χ1n) is 3.97. The van der Waals surface area contributed by atoms with Crippen molar-refractivity contribution in [3.05, 3.63) is 0 Å². The average molecular weight is 205 g/mol. The van der Waals surface area contributed by atoms with Gasteiger partial charge in [0.05, 0.1) is 13.1 Å². The molecule has 0 spiro atoms. The highest BCUT2D eigenvalue weighted by Gasteiger charge is 2.06. The summed E-state index contributed by atoms with van der Waals surface area (Å²) < 4.78 is 0. The average Bonchev–Trinajstić information content (AvgIpc) is 2.13. The van der Waals surface area contributed by atoms with E-state index in [0.717, 1.165) is 0 Å². The molecule has 0 bridgehead atoms. The first-order valence-corrected chi connectivity index (χ1v) is 4.60. The van der Waals surface area contributed by atoms with Crippen LogP contribution in [0.4, 0.5) is 0 Å². The van der Waals surface area contributed by atoms with Gasteiger partial charge >= 0.3 is 0 Å². The van der Waals surface area contributed by atoms with E-state index in [0.29, 0.717) is 5.75 Å². The van der Waals surface area contributed by atoms with E-state index >= 15 is 0 Å². The summed E-state index contributed by atoms with van der Waals surface area (Å²) in [6, 6.07) is 0.00520. The van der Waals surface area contributed by atoms with E-state index < -0.39 is 0 Å². The molecule has 5 nitrogen and oxygen atoms in total. The van der Waals surface area contributed by atoms with Crippen molar-refractivity contribution < 1.29 is 9.59 Å². The van der Waals surface area contributed by atoms with Crippen molar-refractivity contribution in [3.8, 4) is 0 Å². The largest absolute Gasteiger partial charge is 0.351 e. The Labute approximate surface area is 82.8 Å². The maximum Gasteiger partial charge on any atom is 0.239 e. The zero-order valence-electron chi connectivity index (χ0n) is 7.54. The van der Waals surface area contributed by atoms with Gasteiger partial charge in [-0.15, -0.1) is 0 Å². The quantitative estimate of drug-likeness (QED) is 0.412. The van der Waals surface area contributed by atoms with Crippen LogP contribution in [-0.2, 0) is 9.59 Å². The number of rotatable bonds is 5. The van der Waals surface area contributed by atoms with E-state index in [1.807, 2.05) is 6.92 Å². The molecule has 1 unspecified atom stereocenters. The van der Waals surface area contributed by atoms with Gasteiger partial charge in [-0.2, -0.15) is 12.6 Å². The van der Waals surface area contributed by atoms with Crippen LogP contribution in [0.2, 0.25) is 0 Å².